The average molecular weight is 293 g/mol. The third-order valence-electron chi connectivity index (χ3n) is 3.65. The van der Waals surface area contributed by atoms with Crippen LogP contribution in [0.1, 0.15) is 17.2 Å². The lowest BCUT2D eigenvalue weighted by Crippen LogP contribution is -2.35. The largest absolute Gasteiger partial charge is 0.284 e. The Kier molecular flexibility index (Phi) is 4.99. The maximum absolute atomic E-state index is 3.49. The fourth-order valence-electron chi connectivity index (χ4n) is 2.53. The fraction of sp³-hybridized carbons (Fsp3) is 0.263. The number of rotatable bonds is 2. The van der Waals surface area contributed by atoms with Gasteiger partial charge in [-0.1, -0.05) is 60.4 Å². The predicted octanol–water partition coefficient (Wildman–Crippen LogP) is 3.83. The van der Waals surface area contributed by atoms with Gasteiger partial charge in [0.05, 0.1) is 6.04 Å². The number of nitrogens with zero attached hydrogens (tertiary/aromatic N) is 1. The molecular formula is C19H19NS. The highest BCUT2D eigenvalue weighted by atomic mass is 32.2. The summed E-state index contributed by atoms with van der Waals surface area (Å²) >= 11 is 2.04. The van der Waals surface area contributed by atoms with E-state index in [1.807, 2.05) is 30.0 Å². The minimum atomic E-state index is 0.201. The quantitative estimate of drug-likeness (QED) is 0.774. The third-order valence-corrected chi connectivity index (χ3v) is 4.60. The van der Waals surface area contributed by atoms with Crippen LogP contribution in [0.5, 0.6) is 0 Å². The first kappa shape index (κ1) is 14.3. The first-order chi connectivity index (χ1) is 10.4. The molecule has 1 nitrogen and oxygen atoms in total. The van der Waals surface area contributed by atoms with Gasteiger partial charge >= 0.3 is 0 Å². The Hall–Kier alpha value is -1.69. The number of thioether (sulfide) groups is 1. The summed E-state index contributed by atoms with van der Waals surface area (Å²) in [4.78, 5) is 2.50. The molecule has 2 heteroatoms. The van der Waals surface area contributed by atoms with Crippen molar-refractivity contribution in [1.29, 1.82) is 0 Å². The smallest absolute Gasteiger partial charge is 0.0975 e. The zero-order valence-corrected chi connectivity index (χ0v) is 12.9. The van der Waals surface area contributed by atoms with Gasteiger partial charge in [0, 0.05) is 30.2 Å². The molecule has 2 aromatic rings. The van der Waals surface area contributed by atoms with E-state index >= 15 is 0 Å². The molecule has 1 heterocycles. The SMILES string of the molecule is C(#CC(c1ccccc1)N1CCSCC1)c1ccccc1. The van der Waals surface area contributed by atoms with E-state index in [9.17, 15) is 0 Å². The second-order valence-electron chi connectivity index (χ2n) is 5.10. The van der Waals surface area contributed by atoms with E-state index in [-0.39, 0.29) is 6.04 Å². The van der Waals surface area contributed by atoms with E-state index < -0.39 is 0 Å². The molecule has 106 valence electrons. The van der Waals surface area contributed by atoms with E-state index in [1.54, 1.807) is 0 Å². The molecule has 1 fully saturated rings. The highest BCUT2D eigenvalue weighted by Gasteiger charge is 2.20. The van der Waals surface area contributed by atoms with Crippen molar-refractivity contribution in [2.45, 2.75) is 6.04 Å². The molecule has 21 heavy (non-hydrogen) atoms. The zero-order valence-electron chi connectivity index (χ0n) is 12.0. The maximum atomic E-state index is 3.49. The van der Waals surface area contributed by atoms with Crippen molar-refractivity contribution in [1.82, 2.24) is 4.90 Å². The summed E-state index contributed by atoms with van der Waals surface area (Å²) in [5.74, 6) is 9.24. The topological polar surface area (TPSA) is 3.24 Å². The molecule has 0 aliphatic carbocycles. The maximum Gasteiger partial charge on any atom is 0.0975 e. The van der Waals surface area contributed by atoms with Crippen molar-refractivity contribution >= 4 is 11.8 Å². The number of hydrogen-bond acceptors (Lipinski definition) is 2. The van der Waals surface area contributed by atoms with Crippen LogP contribution in [-0.2, 0) is 0 Å². The molecule has 1 saturated heterocycles. The van der Waals surface area contributed by atoms with Crippen molar-refractivity contribution in [3.05, 3.63) is 71.8 Å². The van der Waals surface area contributed by atoms with E-state index in [1.165, 1.54) is 17.1 Å². The molecule has 0 saturated carbocycles. The van der Waals surface area contributed by atoms with Crippen molar-refractivity contribution in [3.8, 4) is 11.8 Å². The zero-order chi connectivity index (χ0) is 14.3. The molecule has 1 aliphatic rings. The monoisotopic (exact) mass is 293 g/mol. The van der Waals surface area contributed by atoms with Crippen LogP contribution in [0.2, 0.25) is 0 Å². The standard InChI is InChI=1S/C19H19NS/c1-3-7-17(8-4-1)11-12-19(18-9-5-2-6-10-18)20-13-15-21-16-14-20/h1-10,19H,13-16H2. The normalized spacial score (nSPS) is 16.8. The lowest BCUT2D eigenvalue weighted by molar-refractivity contribution is 0.263. The lowest BCUT2D eigenvalue weighted by Gasteiger charge is -2.31. The summed E-state index contributed by atoms with van der Waals surface area (Å²) in [5, 5.41) is 0. The van der Waals surface area contributed by atoms with Gasteiger partial charge < -0.3 is 0 Å². The van der Waals surface area contributed by atoms with Crippen LogP contribution in [0.3, 0.4) is 0 Å². The summed E-state index contributed by atoms with van der Waals surface area (Å²) in [6.07, 6.45) is 0. The first-order valence-electron chi connectivity index (χ1n) is 7.37. The van der Waals surface area contributed by atoms with Gasteiger partial charge in [-0.15, -0.1) is 0 Å². The van der Waals surface area contributed by atoms with E-state index in [2.05, 4.69) is 59.2 Å². The predicted molar refractivity (Wildman–Crippen MR) is 91.4 cm³/mol. The summed E-state index contributed by atoms with van der Waals surface area (Å²) in [6, 6.07) is 21.1. The van der Waals surface area contributed by atoms with Crippen LogP contribution in [0.15, 0.2) is 60.7 Å². The van der Waals surface area contributed by atoms with Gasteiger partial charge in [0.15, 0.2) is 0 Å². The lowest BCUT2D eigenvalue weighted by atomic mass is 10.0. The minimum Gasteiger partial charge on any atom is -0.284 e. The van der Waals surface area contributed by atoms with Crippen LogP contribution < -0.4 is 0 Å². The molecule has 0 radical (unpaired) electrons. The molecule has 0 bridgehead atoms. The van der Waals surface area contributed by atoms with Crippen LogP contribution in [0.4, 0.5) is 0 Å². The summed E-state index contributed by atoms with van der Waals surface area (Å²) in [7, 11) is 0. The third kappa shape index (κ3) is 3.91. The van der Waals surface area contributed by atoms with Crippen molar-refractivity contribution < 1.29 is 0 Å². The Balaban J connectivity index is 1.87. The molecule has 2 aromatic carbocycles. The Morgan fingerprint density at radius 1 is 0.857 bits per heavy atom. The number of hydrogen-bond donors (Lipinski definition) is 0. The average Bonchev–Trinajstić information content (AvgIpc) is 2.58. The van der Waals surface area contributed by atoms with Gasteiger partial charge in [0.2, 0.25) is 0 Å². The summed E-state index contributed by atoms with van der Waals surface area (Å²) in [5.41, 5.74) is 2.39. The Morgan fingerprint density at radius 2 is 1.48 bits per heavy atom. The Bertz CT molecular complexity index is 606. The molecule has 0 amide bonds. The van der Waals surface area contributed by atoms with Crippen molar-refractivity contribution in [3.63, 3.8) is 0 Å². The van der Waals surface area contributed by atoms with Gasteiger partial charge in [0.25, 0.3) is 0 Å². The molecule has 0 N–H and O–H groups in total. The molecule has 1 unspecified atom stereocenters. The van der Waals surface area contributed by atoms with Gasteiger partial charge in [-0.2, -0.15) is 11.8 Å². The minimum absolute atomic E-state index is 0.201. The first-order valence-corrected chi connectivity index (χ1v) is 8.52. The van der Waals surface area contributed by atoms with Gasteiger partial charge in [-0.3, -0.25) is 4.90 Å². The molecule has 0 spiro atoms. The molecule has 1 aliphatic heterocycles. The summed E-state index contributed by atoms with van der Waals surface area (Å²) < 4.78 is 0. The van der Waals surface area contributed by atoms with E-state index in [0.717, 1.165) is 18.7 Å². The van der Waals surface area contributed by atoms with Gasteiger partial charge in [0.1, 0.15) is 0 Å². The summed E-state index contributed by atoms with van der Waals surface area (Å²) in [6.45, 7) is 2.24. The van der Waals surface area contributed by atoms with Crippen LogP contribution in [0.25, 0.3) is 0 Å². The highest BCUT2D eigenvalue weighted by molar-refractivity contribution is 7.99. The van der Waals surface area contributed by atoms with Gasteiger partial charge in [-0.25, -0.2) is 0 Å². The van der Waals surface area contributed by atoms with Crippen LogP contribution in [-0.4, -0.2) is 29.5 Å². The second kappa shape index (κ2) is 7.36. The van der Waals surface area contributed by atoms with Crippen LogP contribution in [0, 0.1) is 11.8 Å². The molecule has 3 rings (SSSR count). The molecular weight excluding hydrogens is 274 g/mol. The van der Waals surface area contributed by atoms with Crippen molar-refractivity contribution in [2.24, 2.45) is 0 Å². The fourth-order valence-corrected chi connectivity index (χ4v) is 3.46. The van der Waals surface area contributed by atoms with E-state index in [4.69, 9.17) is 0 Å². The molecule has 0 aromatic heterocycles. The number of benzene rings is 2. The van der Waals surface area contributed by atoms with Gasteiger partial charge in [-0.05, 0) is 17.7 Å². The van der Waals surface area contributed by atoms with Crippen LogP contribution >= 0.6 is 11.8 Å². The highest BCUT2D eigenvalue weighted by Crippen LogP contribution is 2.23. The van der Waals surface area contributed by atoms with E-state index in [0.29, 0.717) is 0 Å². The molecule has 1 atom stereocenters. The Morgan fingerprint density at radius 3 is 2.14 bits per heavy atom. The van der Waals surface area contributed by atoms with Crippen molar-refractivity contribution in [2.75, 3.05) is 24.6 Å². The second-order valence-corrected chi connectivity index (χ2v) is 6.32. The Labute approximate surface area is 131 Å².